The second-order valence-corrected chi connectivity index (χ2v) is 3.76. The molecule has 0 amide bonds. The van der Waals surface area contributed by atoms with Gasteiger partial charge in [-0.25, -0.2) is 4.39 Å². The first-order chi connectivity index (χ1) is 8.15. The summed E-state index contributed by atoms with van der Waals surface area (Å²) in [7, 11) is 0. The van der Waals surface area contributed by atoms with Gasteiger partial charge in [0.1, 0.15) is 24.0 Å². The minimum Gasteiger partial charge on any atom is -0.491 e. The summed E-state index contributed by atoms with van der Waals surface area (Å²) in [4.78, 5) is 0. The van der Waals surface area contributed by atoms with E-state index in [1.165, 1.54) is 12.1 Å². The molecule has 1 aromatic carbocycles. The minimum atomic E-state index is -0.255. The molecule has 0 saturated heterocycles. The number of aryl methyl sites for hydroxylation is 1. The maximum atomic E-state index is 12.9. The Bertz CT molecular complexity index is 510. The molecule has 5 heteroatoms. The van der Waals surface area contributed by atoms with Crippen molar-refractivity contribution in [1.82, 2.24) is 9.78 Å². The van der Waals surface area contributed by atoms with Gasteiger partial charge in [-0.05, 0) is 36.8 Å². The molecule has 1 aromatic heterocycles. The van der Waals surface area contributed by atoms with Crippen molar-refractivity contribution in [2.75, 3.05) is 12.3 Å². The normalized spacial score (nSPS) is 10.5. The monoisotopic (exact) mass is 235 g/mol. The maximum absolute atomic E-state index is 12.9. The van der Waals surface area contributed by atoms with Crippen LogP contribution in [0.5, 0.6) is 5.75 Å². The van der Waals surface area contributed by atoms with Crippen molar-refractivity contribution < 1.29 is 9.13 Å². The lowest BCUT2D eigenvalue weighted by Crippen LogP contribution is -2.09. The van der Waals surface area contributed by atoms with E-state index >= 15 is 0 Å². The molecule has 1 heterocycles. The number of hydrogen-bond donors (Lipinski definition) is 1. The zero-order chi connectivity index (χ0) is 12.3. The highest BCUT2D eigenvalue weighted by molar-refractivity contribution is 5.32. The van der Waals surface area contributed by atoms with E-state index in [-0.39, 0.29) is 5.82 Å². The summed E-state index contributed by atoms with van der Waals surface area (Å²) in [5, 5.41) is 4.03. The van der Waals surface area contributed by atoms with E-state index in [0.717, 1.165) is 5.56 Å². The second-order valence-electron chi connectivity index (χ2n) is 3.76. The van der Waals surface area contributed by atoms with Gasteiger partial charge in [-0.3, -0.25) is 4.68 Å². The molecule has 0 bridgehead atoms. The summed E-state index contributed by atoms with van der Waals surface area (Å²) in [5.41, 5.74) is 6.27. The molecule has 90 valence electrons. The van der Waals surface area contributed by atoms with Crippen LogP contribution in [0.2, 0.25) is 0 Å². The van der Waals surface area contributed by atoms with Crippen LogP contribution >= 0.6 is 0 Å². The van der Waals surface area contributed by atoms with Gasteiger partial charge in [0.2, 0.25) is 0 Å². The number of nitrogens with zero attached hydrogens (tertiary/aromatic N) is 2. The minimum absolute atomic E-state index is 0.255. The number of ether oxygens (including phenoxy) is 1. The van der Waals surface area contributed by atoms with Crippen LogP contribution in [0.15, 0.2) is 30.5 Å². The van der Waals surface area contributed by atoms with Crippen molar-refractivity contribution in [3.05, 3.63) is 41.8 Å². The molecule has 0 aliphatic rings. The third-order valence-electron chi connectivity index (χ3n) is 2.38. The van der Waals surface area contributed by atoms with Crippen LogP contribution in [-0.4, -0.2) is 16.4 Å². The molecular formula is C12H14FN3O. The van der Waals surface area contributed by atoms with Gasteiger partial charge in [-0.15, -0.1) is 0 Å². The molecule has 4 nitrogen and oxygen atoms in total. The Balaban J connectivity index is 1.90. The molecule has 0 unspecified atom stereocenters. The summed E-state index contributed by atoms with van der Waals surface area (Å²) in [5.74, 6) is 0.921. The van der Waals surface area contributed by atoms with Crippen molar-refractivity contribution >= 4 is 5.82 Å². The Morgan fingerprint density at radius 2 is 2.24 bits per heavy atom. The van der Waals surface area contributed by atoms with E-state index in [0.29, 0.717) is 24.7 Å². The molecule has 0 atom stereocenters. The molecule has 2 aromatic rings. The zero-order valence-electron chi connectivity index (χ0n) is 9.56. The lowest BCUT2D eigenvalue weighted by molar-refractivity contribution is 0.289. The van der Waals surface area contributed by atoms with E-state index in [9.17, 15) is 4.39 Å². The number of halogens is 1. The topological polar surface area (TPSA) is 53.1 Å². The van der Waals surface area contributed by atoms with Crippen molar-refractivity contribution in [1.29, 1.82) is 0 Å². The number of anilines is 1. The highest BCUT2D eigenvalue weighted by Crippen LogP contribution is 2.18. The number of nitrogen functional groups attached to an aromatic ring is 1. The number of hydrogen-bond acceptors (Lipinski definition) is 3. The van der Waals surface area contributed by atoms with E-state index in [2.05, 4.69) is 5.10 Å². The van der Waals surface area contributed by atoms with Gasteiger partial charge in [-0.2, -0.15) is 5.10 Å². The summed E-state index contributed by atoms with van der Waals surface area (Å²) in [6, 6.07) is 6.18. The van der Waals surface area contributed by atoms with Crippen LogP contribution in [0.4, 0.5) is 10.2 Å². The standard InChI is InChI=1S/C12H14FN3O/c1-9-8-10(13)2-3-11(9)17-7-6-16-5-4-12(14)15-16/h2-5,8H,6-7H2,1H3,(H2,14,15). The van der Waals surface area contributed by atoms with Crippen LogP contribution in [0.1, 0.15) is 5.56 Å². The van der Waals surface area contributed by atoms with Gasteiger partial charge in [0.15, 0.2) is 0 Å². The van der Waals surface area contributed by atoms with E-state index in [1.54, 1.807) is 23.0 Å². The first kappa shape index (κ1) is 11.4. The quantitative estimate of drug-likeness (QED) is 0.881. The fourth-order valence-corrected chi connectivity index (χ4v) is 1.53. The van der Waals surface area contributed by atoms with Crippen LogP contribution < -0.4 is 10.5 Å². The first-order valence-electron chi connectivity index (χ1n) is 5.33. The van der Waals surface area contributed by atoms with Crippen molar-refractivity contribution in [2.24, 2.45) is 0 Å². The number of nitrogens with two attached hydrogens (primary N) is 1. The largest absolute Gasteiger partial charge is 0.491 e. The average Bonchev–Trinajstić information content (AvgIpc) is 2.68. The Morgan fingerprint density at radius 1 is 1.41 bits per heavy atom. The van der Waals surface area contributed by atoms with Crippen molar-refractivity contribution in [3.8, 4) is 5.75 Å². The third kappa shape index (κ3) is 2.96. The average molecular weight is 235 g/mol. The van der Waals surface area contributed by atoms with Crippen LogP contribution in [0.3, 0.4) is 0 Å². The predicted octanol–water partition coefficient (Wildman–Crippen LogP) is 1.99. The van der Waals surface area contributed by atoms with Crippen LogP contribution in [0.25, 0.3) is 0 Å². The lowest BCUT2D eigenvalue weighted by atomic mass is 10.2. The van der Waals surface area contributed by atoms with E-state index < -0.39 is 0 Å². The van der Waals surface area contributed by atoms with Gasteiger partial charge in [0.05, 0.1) is 6.54 Å². The first-order valence-corrected chi connectivity index (χ1v) is 5.33. The van der Waals surface area contributed by atoms with Gasteiger partial charge in [-0.1, -0.05) is 0 Å². The van der Waals surface area contributed by atoms with E-state index in [1.807, 2.05) is 6.92 Å². The van der Waals surface area contributed by atoms with Crippen molar-refractivity contribution in [2.45, 2.75) is 13.5 Å². The van der Waals surface area contributed by atoms with Crippen LogP contribution in [-0.2, 0) is 6.54 Å². The molecule has 0 spiro atoms. The van der Waals surface area contributed by atoms with Crippen LogP contribution in [0, 0.1) is 12.7 Å². The summed E-state index contributed by atoms with van der Waals surface area (Å²) in [6.45, 7) is 2.88. The summed E-state index contributed by atoms with van der Waals surface area (Å²) < 4.78 is 20.1. The fraction of sp³-hybridized carbons (Fsp3) is 0.250. The fourth-order valence-electron chi connectivity index (χ4n) is 1.53. The van der Waals surface area contributed by atoms with Crippen molar-refractivity contribution in [3.63, 3.8) is 0 Å². The molecule has 2 rings (SSSR count). The summed E-state index contributed by atoms with van der Waals surface area (Å²) in [6.07, 6.45) is 1.79. The molecule has 0 aliphatic heterocycles. The molecule has 0 saturated carbocycles. The highest BCUT2D eigenvalue weighted by atomic mass is 19.1. The van der Waals surface area contributed by atoms with E-state index in [4.69, 9.17) is 10.5 Å². The van der Waals surface area contributed by atoms with Gasteiger partial charge in [0, 0.05) is 6.20 Å². The molecule has 17 heavy (non-hydrogen) atoms. The molecule has 0 radical (unpaired) electrons. The molecular weight excluding hydrogens is 221 g/mol. The number of benzene rings is 1. The number of aromatic nitrogens is 2. The van der Waals surface area contributed by atoms with Gasteiger partial charge < -0.3 is 10.5 Å². The van der Waals surface area contributed by atoms with Gasteiger partial charge >= 0.3 is 0 Å². The Labute approximate surface area is 98.8 Å². The second kappa shape index (κ2) is 4.86. The molecule has 0 aliphatic carbocycles. The smallest absolute Gasteiger partial charge is 0.145 e. The summed E-state index contributed by atoms with van der Waals surface area (Å²) >= 11 is 0. The maximum Gasteiger partial charge on any atom is 0.145 e. The highest BCUT2D eigenvalue weighted by Gasteiger charge is 2.01. The Kier molecular flexibility index (Phi) is 3.27. The lowest BCUT2D eigenvalue weighted by Gasteiger charge is -2.08. The third-order valence-corrected chi connectivity index (χ3v) is 2.38. The molecule has 2 N–H and O–H groups in total. The SMILES string of the molecule is Cc1cc(F)ccc1OCCn1ccc(N)n1. The zero-order valence-corrected chi connectivity index (χ0v) is 9.56. The Morgan fingerprint density at radius 3 is 2.88 bits per heavy atom. The predicted molar refractivity (Wildman–Crippen MR) is 63.3 cm³/mol. The molecule has 0 fully saturated rings. The number of rotatable bonds is 4. The Hall–Kier alpha value is -2.04. The van der Waals surface area contributed by atoms with Gasteiger partial charge in [0.25, 0.3) is 0 Å².